The molecule has 28 heavy (non-hydrogen) atoms. The molecule has 2 heterocycles. The number of rotatable bonds is 8. The number of nitrogens with one attached hydrogen (secondary N) is 1. The predicted octanol–water partition coefficient (Wildman–Crippen LogP) is 4.32. The van der Waals surface area contributed by atoms with Gasteiger partial charge < -0.3 is 14.6 Å². The first-order valence-electron chi connectivity index (χ1n) is 9.02. The van der Waals surface area contributed by atoms with E-state index in [2.05, 4.69) is 20.5 Å². The van der Waals surface area contributed by atoms with Gasteiger partial charge in [0.15, 0.2) is 22.2 Å². The number of hydrogen-bond donors (Lipinski definition) is 1. The molecule has 2 atom stereocenters. The van der Waals surface area contributed by atoms with Crippen LogP contribution >= 0.6 is 23.1 Å². The molecule has 0 spiro atoms. The third kappa shape index (κ3) is 4.90. The van der Waals surface area contributed by atoms with Gasteiger partial charge in [0.1, 0.15) is 5.75 Å². The third-order valence-electron chi connectivity index (χ3n) is 3.98. The average molecular weight is 418 g/mol. The van der Waals surface area contributed by atoms with Gasteiger partial charge in [-0.25, -0.2) is 4.98 Å². The van der Waals surface area contributed by atoms with Gasteiger partial charge in [0.2, 0.25) is 5.91 Å². The maximum Gasteiger partial charge on any atom is 0.239 e. The average Bonchev–Trinajstić information content (AvgIpc) is 3.28. The molecular formula is C19H23N5O2S2. The van der Waals surface area contributed by atoms with Crippen LogP contribution < -0.4 is 10.1 Å². The highest BCUT2D eigenvalue weighted by molar-refractivity contribution is 8.00. The number of para-hydroxylation sites is 1. The number of aryl methyl sites for hydroxylation is 1. The van der Waals surface area contributed by atoms with Crippen molar-refractivity contribution < 1.29 is 9.53 Å². The Morgan fingerprint density at radius 1 is 1.29 bits per heavy atom. The van der Waals surface area contributed by atoms with Crippen molar-refractivity contribution in [3.63, 3.8) is 0 Å². The number of nitrogens with zero attached hydrogens (tertiary/aromatic N) is 4. The van der Waals surface area contributed by atoms with Gasteiger partial charge in [-0.15, -0.1) is 21.5 Å². The van der Waals surface area contributed by atoms with E-state index < -0.39 is 0 Å². The summed E-state index contributed by atoms with van der Waals surface area (Å²) in [4.78, 5) is 16.7. The van der Waals surface area contributed by atoms with Crippen LogP contribution in [0.5, 0.6) is 5.75 Å². The molecule has 3 aromatic rings. The van der Waals surface area contributed by atoms with Crippen LogP contribution in [0.15, 0.2) is 40.9 Å². The fourth-order valence-electron chi connectivity index (χ4n) is 2.57. The van der Waals surface area contributed by atoms with Crippen LogP contribution in [0.1, 0.15) is 38.4 Å². The molecule has 0 aliphatic heterocycles. The molecule has 0 radical (unpaired) electrons. The van der Waals surface area contributed by atoms with E-state index >= 15 is 0 Å². The molecule has 0 fully saturated rings. The van der Waals surface area contributed by atoms with Crippen LogP contribution in [0.2, 0.25) is 0 Å². The normalized spacial score (nSPS) is 13.1. The Hall–Kier alpha value is -2.39. The molecule has 0 aliphatic rings. The van der Waals surface area contributed by atoms with Gasteiger partial charge in [-0.1, -0.05) is 30.0 Å². The Morgan fingerprint density at radius 2 is 2.04 bits per heavy atom. The fraction of sp³-hybridized carbons (Fsp3) is 0.368. The van der Waals surface area contributed by atoms with Gasteiger partial charge in [0.05, 0.1) is 10.9 Å². The first-order chi connectivity index (χ1) is 13.5. The largest absolute Gasteiger partial charge is 0.483 e. The SMILES string of the molecule is CCn1c(S[C@H](C)C(=O)Nc2nc(C)cs2)nnc1[C@H](C)Oc1ccccc1. The quantitative estimate of drug-likeness (QED) is 0.550. The number of ether oxygens (including phenoxy) is 1. The van der Waals surface area contributed by atoms with E-state index in [0.29, 0.717) is 16.8 Å². The molecule has 0 bridgehead atoms. The van der Waals surface area contributed by atoms with E-state index in [4.69, 9.17) is 4.74 Å². The summed E-state index contributed by atoms with van der Waals surface area (Å²) in [6.45, 7) is 8.40. The second-order valence-corrected chi connectivity index (χ2v) is 8.37. The van der Waals surface area contributed by atoms with Gasteiger partial charge in [-0.2, -0.15) is 0 Å². The van der Waals surface area contributed by atoms with Crippen molar-refractivity contribution in [2.75, 3.05) is 5.32 Å². The first-order valence-corrected chi connectivity index (χ1v) is 10.8. The monoisotopic (exact) mass is 417 g/mol. The van der Waals surface area contributed by atoms with Crippen LogP contribution in [-0.4, -0.2) is 30.9 Å². The number of benzene rings is 1. The van der Waals surface area contributed by atoms with Crippen molar-refractivity contribution in [1.29, 1.82) is 0 Å². The van der Waals surface area contributed by atoms with E-state index in [-0.39, 0.29) is 17.3 Å². The van der Waals surface area contributed by atoms with E-state index in [1.165, 1.54) is 23.1 Å². The second-order valence-electron chi connectivity index (χ2n) is 6.20. The van der Waals surface area contributed by atoms with Crippen molar-refractivity contribution in [3.8, 4) is 5.75 Å². The van der Waals surface area contributed by atoms with Crippen molar-refractivity contribution in [2.45, 2.75) is 50.8 Å². The molecule has 3 rings (SSSR count). The highest BCUT2D eigenvalue weighted by Gasteiger charge is 2.23. The number of aromatic nitrogens is 4. The van der Waals surface area contributed by atoms with Crippen molar-refractivity contribution >= 4 is 34.1 Å². The Balaban J connectivity index is 1.68. The number of carbonyl (C=O) groups excluding carboxylic acids is 1. The van der Waals surface area contributed by atoms with Crippen LogP contribution in [0, 0.1) is 6.92 Å². The van der Waals surface area contributed by atoms with Crippen LogP contribution in [0.4, 0.5) is 5.13 Å². The molecular weight excluding hydrogens is 394 g/mol. The molecule has 9 heteroatoms. The Labute approximate surface area is 172 Å². The van der Waals surface area contributed by atoms with E-state index in [1.807, 2.05) is 68.0 Å². The topological polar surface area (TPSA) is 81.9 Å². The molecule has 0 saturated heterocycles. The summed E-state index contributed by atoms with van der Waals surface area (Å²) in [5.41, 5.74) is 0.892. The molecule has 1 amide bonds. The number of hydrogen-bond acceptors (Lipinski definition) is 7. The highest BCUT2D eigenvalue weighted by atomic mass is 32.2. The third-order valence-corrected chi connectivity index (χ3v) is 5.94. The predicted molar refractivity (Wildman–Crippen MR) is 112 cm³/mol. The number of amides is 1. The lowest BCUT2D eigenvalue weighted by Gasteiger charge is -2.16. The van der Waals surface area contributed by atoms with Crippen molar-refractivity contribution in [1.82, 2.24) is 19.7 Å². The highest BCUT2D eigenvalue weighted by Crippen LogP contribution is 2.27. The van der Waals surface area contributed by atoms with Gasteiger partial charge in [0, 0.05) is 11.9 Å². The molecule has 0 unspecified atom stereocenters. The van der Waals surface area contributed by atoms with Gasteiger partial charge in [0.25, 0.3) is 0 Å². The lowest BCUT2D eigenvalue weighted by atomic mass is 10.3. The zero-order chi connectivity index (χ0) is 20.1. The minimum atomic E-state index is -0.336. The molecule has 0 saturated carbocycles. The van der Waals surface area contributed by atoms with Gasteiger partial charge >= 0.3 is 0 Å². The van der Waals surface area contributed by atoms with Gasteiger partial charge in [-0.05, 0) is 39.8 Å². The van der Waals surface area contributed by atoms with E-state index in [0.717, 1.165) is 17.3 Å². The van der Waals surface area contributed by atoms with Crippen molar-refractivity contribution in [2.24, 2.45) is 0 Å². The zero-order valence-electron chi connectivity index (χ0n) is 16.2. The maximum absolute atomic E-state index is 12.5. The van der Waals surface area contributed by atoms with Crippen LogP contribution in [0.25, 0.3) is 0 Å². The number of anilines is 1. The summed E-state index contributed by atoms with van der Waals surface area (Å²) < 4.78 is 7.95. The number of carbonyl (C=O) groups is 1. The molecule has 0 aliphatic carbocycles. The minimum absolute atomic E-state index is 0.111. The fourth-order valence-corrected chi connectivity index (χ4v) is 4.18. The first kappa shape index (κ1) is 20.3. The van der Waals surface area contributed by atoms with Crippen molar-refractivity contribution in [3.05, 3.63) is 47.2 Å². The maximum atomic E-state index is 12.5. The molecule has 2 aromatic heterocycles. The molecule has 7 nitrogen and oxygen atoms in total. The summed E-state index contributed by atoms with van der Waals surface area (Å²) >= 11 is 2.79. The number of thioether (sulfide) groups is 1. The summed E-state index contributed by atoms with van der Waals surface area (Å²) in [5.74, 6) is 1.40. The standard InChI is InChI=1S/C19H23N5O2S2/c1-5-24-16(13(3)26-15-9-7-6-8-10-15)22-23-19(24)28-14(4)17(25)21-18-20-12(2)11-27-18/h6-11,13-14H,5H2,1-4H3,(H,20,21,25)/t13-,14+/m0/s1. The molecule has 1 aromatic carbocycles. The zero-order valence-corrected chi connectivity index (χ0v) is 17.9. The summed E-state index contributed by atoms with van der Waals surface area (Å²) in [5, 5.41) is 14.3. The van der Waals surface area contributed by atoms with Crippen LogP contribution in [0.3, 0.4) is 0 Å². The summed E-state index contributed by atoms with van der Waals surface area (Å²) in [6, 6.07) is 9.62. The van der Waals surface area contributed by atoms with Crippen LogP contribution in [-0.2, 0) is 11.3 Å². The Kier molecular flexibility index (Phi) is 6.69. The van der Waals surface area contributed by atoms with E-state index in [1.54, 1.807) is 0 Å². The molecule has 148 valence electrons. The van der Waals surface area contributed by atoms with Gasteiger partial charge in [-0.3, -0.25) is 4.79 Å². The second kappa shape index (κ2) is 9.20. The smallest absolute Gasteiger partial charge is 0.239 e. The summed E-state index contributed by atoms with van der Waals surface area (Å²) in [6.07, 6.45) is -0.258. The minimum Gasteiger partial charge on any atom is -0.483 e. The lowest BCUT2D eigenvalue weighted by molar-refractivity contribution is -0.115. The lowest BCUT2D eigenvalue weighted by Crippen LogP contribution is -2.23. The Morgan fingerprint density at radius 3 is 2.68 bits per heavy atom. The number of thiazole rings is 1. The Bertz CT molecular complexity index is 926. The summed E-state index contributed by atoms with van der Waals surface area (Å²) in [7, 11) is 0. The molecule has 1 N–H and O–H groups in total. The van der Waals surface area contributed by atoms with E-state index in [9.17, 15) is 4.79 Å².